The van der Waals surface area contributed by atoms with Gasteiger partial charge in [-0.25, -0.2) is 0 Å². The van der Waals surface area contributed by atoms with Crippen LogP contribution in [-0.2, 0) is 4.79 Å². The van der Waals surface area contributed by atoms with Crippen molar-refractivity contribution in [2.75, 3.05) is 5.32 Å². The number of nitrogens with one attached hydrogen (secondary N) is 1. The van der Waals surface area contributed by atoms with Crippen molar-refractivity contribution >= 4 is 34.0 Å². The Balaban J connectivity index is 2.42. The zero-order valence-electron chi connectivity index (χ0n) is 9.53. The van der Waals surface area contributed by atoms with E-state index in [0.29, 0.717) is 11.4 Å². The predicted octanol–water partition coefficient (Wildman–Crippen LogP) is 3.63. The number of aromatic nitrogens is 1. The minimum atomic E-state index is 0.00730. The Bertz CT molecular complexity index is 554. The molecule has 2 rings (SSSR count). The number of halogens is 1. The van der Waals surface area contributed by atoms with Crippen molar-refractivity contribution < 1.29 is 4.79 Å². The van der Waals surface area contributed by atoms with Gasteiger partial charge in [0.05, 0.1) is 5.69 Å². The van der Waals surface area contributed by atoms with E-state index in [1.165, 1.54) is 0 Å². The molecule has 0 saturated heterocycles. The summed E-state index contributed by atoms with van der Waals surface area (Å²) in [5.41, 5.74) is 0.744. The summed E-state index contributed by atoms with van der Waals surface area (Å²) >= 11 is 6.01. The van der Waals surface area contributed by atoms with Gasteiger partial charge in [0, 0.05) is 34.6 Å². The number of carbonyl (C=O) groups excluding carboxylic acids is 1. The van der Waals surface area contributed by atoms with Crippen LogP contribution in [0.25, 0.3) is 10.8 Å². The van der Waals surface area contributed by atoms with Crippen LogP contribution < -0.4 is 5.32 Å². The average molecular weight is 249 g/mol. The molecule has 17 heavy (non-hydrogen) atoms. The molecule has 0 unspecified atom stereocenters. The molecule has 3 nitrogen and oxygen atoms in total. The minimum absolute atomic E-state index is 0.00730. The van der Waals surface area contributed by atoms with E-state index < -0.39 is 0 Å². The van der Waals surface area contributed by atoms with Crippen molar-refractivity contribution in [3.8, 4) is 0 Å². The highest BCUT2D eigenvalue weighted by molar-refractivity contribution is 6.32. The lowest BCUT2D eigenvalue weighted by Gasteiger charge is -2.08. The summed E-state index contributed by atoms with van der Waals surface area (Å²) in [5.74, 6) is 0.00730. The summed E-state index contributed by atoms with van der Waals surface area (Å²) < 4.78 is 0. The number of carbonyl (C=O) groups is 1. The van der Waals surface area contributed by atoms with Crippen LogP contribution in [0.1, 0.15) is 19.8 Å². The first-order valence-corrected chi connectivity index (χ1v) is 5.91. The lowest BCUT2D eigenvalue weighted by molar-refractivity contribution is -0.116. The smallest absolute Gasteiger partial charge is 0.224 e. The third-order valence-corrected chi connectivity index (χ3v) is 2.69. The highest BCUT2D eigenvalue weighted by Gasteiger charge is 2.06. The zero-order valence-corrected chi connectivity index (χ0v) is 10.3. The van der Waals surface area contributed by atoms with Crippen LogP contribution in [0.3, 0.4) is 0 Å². The lowest BCUT2D eigenvalue weighted by Crippen LogP contribution is -2.10. The molecule has 0 fully saturated rings. The van der Waals surface area contributed by atoms with Crippen molar-refractivity contribution in [2.24, 2.45) is 0 Å². The van der Waals surface area contributed by atoms with Gasteiger partial charge in [-0.2, -0.15) is 0 Å². The molecule has 1 aromatic heterocycles. The Morgan fingerprint density at radius 3 is 3.06 bits per heavy atom. The molecule has 0 spiro atoms. The average Bonchev–Trinajstić information content (AvgIpc) is 2.29. The maximum atomic E-state index is 11.6. The van der Waals surface area contributed by atoms with E-state index in [1.54, 1.807) is 18.5 Å². The van der Waals surface area contributed by atoms with Crippen LogP contribution >= 0.6 is 11.6 Å². The number of benzene rings is 1. The van der Waals surface area contributed by atoms with E-state index >= 15 is 0 Å². The number of fused-ring (bicyclic) bond motifs is 1. The molecule has 1 aromatic carbocycles. The van der Waals surface area contributed by atoms with Gasteiger partial charge in [-0.1, -0.05) is 18.5 Å². The summed E-state index contributed by atoms with van der Waals surface area (Å²) in [5, 5.41) is 5.35. The fourth-order valence-corrected chi connectivity index (χ4v) is 1.94. The number of pyridine rings is 1. The van der Waals surface area contributed by atoms with Crippen molar-refractivity contribution in [1.82, 2.24) is 4.98 Å². The van der Waals surface area contributed by atoms with Crippen molar-refractivity contribution in [1.29, 1.82) is 0 Å². The topological polar surface area (TPSA) is 42.0 Å². The molecule has 1 amide bonds. The van der Waals surface area contributed by atoms with Gasteiger partial charge in [-0.05, 0) is 24.6 Å². The van der Waals surface area contributed by atoms with E-state index in [-0.39, 0.29) is 5.91 Å². The number of hydrogen-bond acceptors (Lipinski definition) is 2. The molecule has 1 N–H and O–H groups in total. The van der Waals surface area contributed by atoms with E-state index in [9.17, 15) is 4.79 Å². The Morgan fingerprint density at radius 2 is 2.29 bits per heavy atom. The van der Waals surface area contributed by atoms with Crippen LogP contribution in [0.5, 0.6) is 0 Å². The highest BCUT2D eigenvalue weighted by Crippen LogP contribution is 2.27. The second kappa shape index (κ2) is 5.15. The molecule has 0 saturated carbocycles. The summed E-state index contributed by atoms with van der Waals surface area (Å²) in [7, 11) is 0. The summed E-state index contributed by atoms with van der Waals surface area (Å²) in [6, 6.07) is 5.46. The fourth-order valence-electron chi connectivity index (χ4n) is 1.72. The first kappa shape index (κ1) is 11.9. The molecule has 4 heteroatoms. The third-order valence-electron chi connectivity index (χ3n) is 2.47. The monoisotopic (exact) mass is 248 g/mol. The molecule has 0 bridgehead atoms. The molecule has 88 valence electrons. The summed E-state index contributed by atoms with van der Waals surface area (Å²) in [6.07, 6.45) is 4.77. The molecule has 0 atom stereocenters. The van der Waals surface area contributed by atoms with Crippen molar-refractivity contribution in [3.63, 3.8) is 0 Å². The van der Waals surface area contributed by atoms with Gasteiger partial charge in [0.2, 0.25) is 5.91 Å². The summed E-state index contributed by atoms with van der Waals surface area (Å²) in [6.45, 7) is 1.97. The highest BCUT2D eigenvalue weighted by atomic mass is 35.5. The molecular formula is C13H13ClN2O. The van der Waals surface area contributed by atoms with Gasteiger partial charge >= 0.3 is 0 Å². The Labute approximate surface area is 105 Å². The van der Waals surface area contributed by atoms with Gasteiger partial charge in [0.15, 0.2) is 0 Å². The van der Waals surface area contributed by atoms with Crippen LogP contribution in [0.15, 0.2) is 30.6 Å². The molecular weight excluding hydrogens is 236 g/mol. The van der Waals surface area contributed by atoms with Crippen LogP contribution in [0.2, 0.25) is 5.02 Å². The van der Waals surface area contributed by atoms with Gasteiger partial charge < -0.3 is 5.32 Å². The number of amides is 1. The maximum absolute atomic E-state index is 11.6. The van der Waals surface area contributed by atoms with Crippen LogP contribution in [-0.4, -0.2) is 10.9 Å². The Morgan fingerprint density at radius 1 is 1.47 bits per heavy atom. The van der Waals surface area contributed by atoms with E-state index in [1.807, 2.05) is 19.1 Å². The first-order chi connectivity index (χ1) is 8.20. The third kappa shape index (κ3) is 2.74. The van der Waals surface area contributed by atoms with E-state index in [0.717, 1.165) is 22.9 Å². The molecule has 2 aromatic rings. The molecule has 0 aliphatic carbocycles. The van der Waals surface area contributed by atoms with Crippen molar-refractivity contribution in [2.45, 2.75) is 19.8 Å². The number of hydrogen-bond donors (Lipinski definition) is 1. The normalized spacial score (nSPS) is 10.5. The van der Waals surface area contributed by atoms with Crippen LogP contribution in [0, 0.1) is 0 Å². The number of rotatable bonds is 3. The first-order valence-electron chi connectivity index (χ1n) is 5.54. The second-order valence-corrected chi connectivity index (χ2v) is 4.28. The largest absolute Gasteiger partial charge is 0.325 e. The minimum Gasteiger partial charge on any atom is -0.325 e. The molecule has 0 aliphatic heterocycles. The Hall–Kier alpha value is -1.61. The lowest BCUT2D eigenvalue weighted by atomic mass is 10.1. The quantitative estimate of drug-likeness (QED) is 0.901. The molecule has 0 radical (unpaired) electrons. The number of nitrogens with zero attached hydrogens (tertiary/aromatic N) is 1. The van der Waals surface area contributed by atoms with E-state index in [2.05, 4.69) is 10.3 Å². The van der Waals surface area contributed by atoms with Gasteiger partial charge in [-0.15, -0.1) is 0 Å². The standard InChI is InChI=1S/C13H13ClN2O/c1-2-3-13(17)16-12-7-10(14)6-9-8-15-5-4-11(9)12/h4-8H,2-3H2,1H3,(H,16,17). The SMILES string of the molecule is CCCC(=O)Nc1cc(Cl)cc2cnccc12. The van der Waals surface area contributed by atoms with Gasteiger partial charge in [-0.3, -0.25) is 9.78 Å². The van der Waals surface area contributed by atoms with Gasteiger partial charge in [0.1, 0.15) is 0 Å². The van der Waals surface area contributed by atoms with E-state index in [4.69, 9.17) is 11.6 Å². The zero-order chi connectivity index (χ0) is 12.3. The maximum Gasteiger partial charge on any atom is 0.224 e. The fraction of sp³-hybridized carbons (Fsp3) is 0.231. The van der Waals surface area contributed by atoms with Gasteiger partial charge in [0.25, 0.3) is 0 Å². The molecule has 1 heterocycles. The number of anilines is 1. The molecule has 0 aliphatic rings. The summed E-state index contributed by atoms with van der Waals surface area (Å²) in [4.78, 5) is 15.6. The predicted molar refractivity (Wildman–Crippen MR) is 70.3 cm³/mol. The Kier molecular flexibility index (Phi) is 3.59. The van der Waals surface area contributed by atoms with Crippen LogP contribution in [0.4, 0.5) is 5.69 Å². The van der Waals surface area contributed by atoms with Crippen molar-refractivity contribution in [3.05, 3.63) is 35.6 Å². The second-order valence-electron chi connectivity index (χ2n) is 3.85.